The first kappa shape index (κ1) is 11.5. The second kappa shape index (κ2) is 6.83. The van der Waals surface area contributed by atoms with Crippen molar-refractivity contribution in [2.24, 2.45) is 0 Å². The van der Waals surface area contributed by atoms with E-state index in [0.29, 0.717) is 25.6 Å². The van der Waals surface area contributed by atoms with Crippen LogP contribution >= 0.6 is 0 Å². The lowest BCUT2D eigenvalue weighted by molar-refractivity contribution is 0.145. The number of rotatable bonds is 6. The van der Waals surface area contributed by atoms with E-state index in [0.717, 1.165) is 6.42 Å². The molecule has 1 aromatic rings. The smallest absolute Gasteiger partial charge is 0.321 e. The van der Waals surface area contributed by atoms with Crippen LogP contribution in [0.1, 0.15) is 13.3 Å². The Bertz CT molecular complexity index is 274. The first-order valence-corrected chi connectivity index (χ1v) is 4.86. The highest BCUT2D eigenvalue weighted by atomic mass is 16.5. The number of nitrogens with zero attached hydrogens (tertiary/aromatic N) is 1. The number of amides is 2. The van der Waals surface area contributed by atoms with Crippen LogP contribution < -0.4 is 10.6 Å². The molecule has 0 aliphatic rings. The van der Waals surface area contributed by atoms with E-state index in [4.69, 9.17) is 9.26 Å². The van der Waals surface area contributed by atoms with Gasteiger partial charge in [-0.1, -0.05) is 5.16 Å². The first-order chi connectivity index (χ1) is 7.33. The van der Waals surface area contributed by atoms with Gasteiger partial charge in [-0.05, 0) is 13.3 Å². The van der Waals surface area contributed by atoms with Crippen molar-refractivity contribution in [1.82, 2.24) is 10.5 Å². The highest BCUT2D eigenvalue weighted by Crippen LogP contribution is 2.02. The number of carbonyl (C=O) groups is 1. The SMILES string of the molecule is CCOCCCNC(=O)Nc1ccno1. The maximum absolute atomic E-state index is 11.2. The number of nitrogens with one attached hydrogen (secondary N) is 2. The monoisotopic (exact) mass is 213 g/mol. The van der Waals surface area contributed by atoms with E-state index in [1.807, 2.05) is 6.92 Å². The van der Waals surface area contributed by atoms with Crippen molar-refractivity contribution in [2.75, 3.05) is 25.1 Å². The molecular formula is C9H15N3O3. The quantitative estimate of drug-likeness (QED) is 0.696. The summed E-state index contributed by atoms with van der Waals surface area (Å²) in [5.74, 6) is 0.331. The summed E-state index contributed by atoms with van der Waals surface area (Å²) in [6.07, 6.45) is 2.25. The van der Waals surface area contributed by atoms with E-state index < -0.39 is 0 Å². The molecule has 0 spiro atoms. The molecule has 0 saturated heterocycles. The van der Waals surface area contributed by atoms with Crippen molar-refractivity contribution < 1.29 is 14.1 Å². The van der Waals surface area contributed by atoms with Crippen LogP contribution in [-0.4, -0.2) is 30.9 Å². The Hall–Kier alpha value is -1.56. The van der Waals surface area contributed by atoms with Crippen LogP contribution in [0.2, 0.25) is 0 Å². The zero-order valence-corrected chi connectivity index (χ0v) is 8.66. The van der Waals surface area contributed by atoms with Gasteiger partial charge >= 0.3 is 6.03 Å². The van der Waals surface area contributed by atoms with Gasteiger partial charge in [0, 0.05) is 25.8 Å². The molecule has 0 aliphatic carbocycles. The van der Waals surface area contributed by atoms with Crippen LogP contribution in [0.5, 0.6) is 0 Å². The van der Waals surface area contributed by atoms with Crippen LogP contribution in [0.15, 0.2) is 16.8 Å². The summed E-state index contributed by atoms with van der Waals surface area (Å²) >= 11 is 0. The molecule has 1 aromatic heterocycles. The molecule has 1 rings (SSSR count). The molecule has 0 radical (unpaired) electrons. The standard InChI is InChI=1S/C9H15N3O3/c1-2-14-7-3-5-10-9(13)12-8-4-6-11-15-8/h4,6H,2-3,5,7H2,1H3,(H2,10,12,13). The normalized spacial score (nSPS) is 9.93. The average Bonchev–Trinajstić information content (AvgIpc) is 2.70. The van der Waals surface area contributed by atoms with Crippen molar-refractivity contribution in [3.05, 3.63) is 12.3 Å². The molecule has 0 aliphatic heterocycles. The third-order valence-electron chi connectivity index (χ3n) is 1.63. The van der Waals surface area contributed by atoms with E-state index >= 15 is 0 Å². The van der Waals surface area contributed by atoms with E-state index in [-0.39, 0.29) is 6.03 Å². The van der Waals surface area contributed by atoms with Gasteiger partial charge in [-0.3, -0.25) is 5.32 Å². The molecule has 0 unspecified atom stereocenters. The van der Waals surface area contributed by atoms with Gasteiger partial charge in [0.15, 0.2) is 0 Å². The molecule has 6 heteroatoms. The zero-order chi connectivity index (χ0) is 10.9. The Labute approximate surface area is 88.0 Å². The van der Waals surface area contributed by atoms with Crippen molar-refractivity contribution in [3.8, 4) is 0 Å². The minimum atomic E-state index is -0.303. The van der Waals surface area contributed by atoms with Gasteiger partial charge in [0.2, 0.25) is 5.88 Å². The second-order valence-electron chi connectivity index (χ2n) is 2.81. The minimum absolute atomic E-state index is 0.303. The Morgan fingerprint density at radius 3 is 3.20 bits per heavy atom. The Morgan fingerprint density at radius 1 is 1.67 bits per heavy atom. The summed E-state index contributed by atoms with van der Waals surface area (Å²) in [4.78, 5) is 11.2. The highest BCUT2D eigenvalue weighted by molar-refractivity contribution is 5.87. The fourth-order valence-corrected chi connectivity index (χ4v) is 0.957. The van der Waals surface area contributed by atoms with Gasteiger partial charge in [0.1, 0.15) is 0 Å². The minimum Gasteiger partial charge on any atom is -0.382 e. The summed E-state index contributed by atoms with van der Waals surface area (Å²) in [6, 6.07) is 1.27. The largest absolute Gasteiger partial charge is 0.382 e. The lowest BCUT2D eigenvalue weighted by atomic mass is 10.4. The van der Waals surface area contributed by atoms with Crippen LogP contribution in [0.25, 0.3) is 0 Å². The molecular weight excluding hydrogens is 198 g/mol. The van der Waals surface area contributed by atoms with Gasteiger partial charge in [-0.25, -0.2) is 4.79 Å². The first-order valence-electron chi connectivity index (χ1n) is 4.86. The van der Waals surface area contributed by atoms with Crippen LogP contribution in [0.3, 0.4) is 0 Å². The van der Waals surface area contributed by atoms with Crippen molar-refractivity contribution in [1.29, 1.82) is 0 Å². The summed E-state index contributed by atoms with van der Waals surface area (Å²) < 4.78 is 9.82. The topological polar surface area (TPSA) is 76.4 Å². The molecule has 0 bridgehead atoms. The molecule has 0 fully saturated rings. The molecule has 2 N–H and O–H groups in total. The van der Waals surface area contributed by atoms with Gasteiger partial charge < -0.3 is 14.6 Å². The molecule has 0 aromatic carbocycles. The van der Waals surface area contributed by atoms with E-state index in [1.165, 1.54) is 6.20 Å². The number of carbonyl (C=O) groups excluding carboxylic acids is 1. The lowest BCUT2D eigenvalue weighted by Gasteiger charge is -2.04. The Balaban J connectivity index is 2.04. The van der Waals surface area contributed by atoms with Gasteiger partial charge in [0.25, 0.3) is 0 Å². The van der Waals surface area contributed by atoms with Gasteiger partial charge in [0.05, 0.1) is 6.20 Å². The lowest BCUT2D eigenvalue weighted by Crippen LogP contribution is -2.29. The number of aromatic nitrogens is 1. The number of anilines is 1. The zero-order valence-electron chi connectivity index (χ0n) is 8.66. The number of urea groups is 1. The molecule has 84 valence electrons. The average molecular weight is 213 g/mol. The fraction of sp³-hybridized carbons (Fsp3) is 0.556. The van der Waals surface area contributed by atoms with Crippen molar-refractivity contribution in [3.63, 3.8) is 0 Å². The molecule has 6 nitrogen and oxygen atoms in total. The maximum Gasteiger partial charge on any atom is 0.321 e. The van der Waals surface area contributed by atoms with Crippen LogP contribution in [0, 0.1) is 0 Å². The predicted octanol–water partition coefficient (Wildman–Crippen LogP) is 1.22. The summed E-state index contributed by atoms with van der Waals surface area (Å²) in [5.41, 5.74) is 0. The number of hydrogen-bond donors (Lipinski definition) is 2. The Kier molecular flexibility index (Phi) is 5.24. The van der Waals surface area contributed by atoms with Crippen molar-refractivity contribution >= 4 is 11.9 Å². The fourth-order valence-electron chi connectivity index (χ4n) is 0.957. The molecule has 15 heavy (non-hydrogen) atoms. The molecule has 1 heterocycles. The van der Waals surface area contributed by atoms with E-state index in [2.05, 4.69) is 15.8 Å². The summed E-state index contributed by atoms with van der Waals surface area (Å²) in [5, 5.41) is 8.61. The number of ether oxygens (including phenoxy) is 1. The third-order valence-corrected chi connectivity index (χ3v) is 1.63. The van der Waals surface area contributed by atoms with E-state index in [1.54, 1.807) is 6.07 Å². The predicted molar refractivity (Wildman–Crippen MR) is 54.6 cm³/mol. The highest BCUT2D eigenvalue weighted by Gasteiger charge is 2.02. The Morgan fingerprint density at radius 2 is 2.53 bits per heavy atom. The second-order valence-corrected chi connectivity index (χ2v) is 2.81. The third kappa shape index (κ3) is 5.02. The number of hydrogen-bond acceptors (Lipinski definition) is 4. The summed E-state index contributed by atoms with van der Waals surface area (Å²) in [7, 11) is 0. The maximum atomic E-state index is 11.2. The molecule has 0 saturated carbocycles. The molecule has 2 amide bonds. The van der Waals surface area contributed by atoms with Gasteiger partial charge in [-0.15, -0.1) is 0 Å². The van der Waals surface area contributed by atoms with Crippen molar-refractivity contribution in [2.45, 2.75) is 13.3 Å². The summed E-state index contributed by atoms with van der Waals surface area (Å²) in [6.45, 7) is 3.85. The van der Waals surface area contributed by atoms with Crippen LogP contribution in [-0.2, 0) is 4.74 Å². The molecule has 0 atom stereocenters. The van der Waals surface area contributed by atoms with Crippen LogP contribution in [0.4, 0.5) is 10.7 Å². The van der Waals surface area contributed by atoms with E-state index in [9.17, 15) is 4.79 Å². The van der Waals surface area contributed by atoms with Gasteiger partial charge in [-0.2, -0.15) is 0 Å².